The zero-order valence-electron chi connectivity index (χ0n) is 25.1. The summed E-state index contributed by atoms with van der Waals surface area (Å²) in [7, 11) is 1.30. The molecular formula is C32H32O14. The first-order valence-corrected chi connectivity index (χ1v) is 14.7. The molecule has 2 aliphatic heterocycles. The van der Waals surface area contributed by atoms with Crippen LogP contribution in [0.4, 0.5) is 0 Å². The number of fused-ring (bicyclic) bond motifs is 2. The summed E-state index contributed by atoms with van der Waals surface area (Å²) in [4.78, 5) is 26.5. The van der Waals surface area contributed by atoms with E-state index in [1.165, 1.54) is 32.2 Å². The molecule has 0 spiro atoms. The minimum absolute atomic E-state index is 0.00746. The number of aromatic hydroxyl groups is 1. The number of hydrogen-bond acceptors (Lipinski definition) is 14. The van der Waals surface area contributed by atoms with Crippen molar-refractivity contribution in [3.05, 3.63) is 56.7 Å². The minimum atomic E-state index is -1.60. The Hall–Kier alpha value is -3.86. The van der Waals surface area contributed by atoms with Crippen LogP contribution in [0.5, 0.6) is 11.5 Å². The lowest BCUT2D eigenvalue weighted by Gasteiger charge is -2.46. The maximum absolute atomic E-state index is 13.4. The Labute approximate surface area is 259 Å². The standard InChI is InChI=1S/C32H32O14/c1-10-8-9-15-18-16(10)29(38)45-26-17-13(23(35)20(19(18)26)30(39)43-15)6-5-7-14(17)44-32-28(24(36)21(33)11(2)42-32)46-31-25(37)27(40-4)22(34)12(3)41-31/h5-9,11-12,21-22,24-25,27-28,31-37H,1-4H3/t11-,12+,21+,22-,24-,25+,27-,28+,31-,32+/m1/s1. The van der Waals surface area contributed by atoms with Crippen LogP contribution in [-0.4, -0.2) is 94.1 Å². The Kier molecular flexibility index (Phi) is 7.45. The molecule has 5 aromatic rings. The number of hydrogen-bond donors (Lipinski definition) is 5. The highest BCUT2D eigenvalue weighted by atomic mass is 16.8. The molecular weight excluding hydrogens is 608 g/mol. The van der Waals surface area contributed by atoms with Gasteiger partial charge >= 0.3 is 11.3 Å². The lowest BCUT2D eigenvalue weighted by molar-refractivity contribution is -0.353. The molecule has 2 fully saturated rings. The molecule has 14 nitrogen and oxygen atoms in total. The van der Waals surface area contributed by atoms with E-state index in [-0.39, 0.29) is 43.8 Å². The van der Waals surface area contributed by atoms with Crippen molar-refractivity contribution in [2.24, 2.45) is 0 Å². The molecule has 0 amide bonds. The first-order chi connectivity index (χ1) is 21.9. The quantitative estimate of drug-likeness (QED) is 0.104. The molecule has 46 heavy (non-hydrogen) atoms. The predicted molar refractivity (Wildman–Crippen MR) is 160 cm³/mol. The SMILES string of the molecule is CO[C@H]1[C@H](O)[C@@H](O[C@@H]2[C@H](Oc3cccc4c(O)c5c(=O)oc6ccc(C)c7c(=O)oc(c34)c5c67)O[C@H](C)[C@H](O)[C@H]2O)O[C@@H](C)[C@H]1O. The Balaban J connectivity index is 1.38. The van der Waals surface area contributed by atoms with Gasteiger partial charge in [0.15, 0.2) is 18.0 Å². The van der Waals surface area contributed by atoms with Crippen molar-refractivity contribution in [2.45, 2.75) is 82.2 Å². The first-order valence-electron chi connectivity index (χ1n) is 14.7. The highest BCUT2D eigenvalue weighted by molar-refractivity contribution is 6.28. The van der Waals surface area contributed by atoms with Gasteiger partial charge in [-0.1, -0.05) is 18.2 Å². The molecule has 0 aliphatic carbocycles. The van der Waals surface area contributed by atoms with Crippen LogP contribution in [0.1, 0.15) is 19.4 Å². The summed E-state index contributed by atoms with van der Waals surface area (Å²) < 4.78 is 40.4. The average molecular weight is 641 g/mol. The number of aliphatic hydroxyl groups is 4. The number of aryl methyl sites for hydroxylation is 1. The van der Waals surface area contributed by atoms with Crippen molar-refractivity contribution in [3.63, 3.8) is 0 Å². The van der Waals surface area contributed by atoms with Crippen molar-refractivity contribution in [3.8, 4) is 11.5 Å². The maximum Gasteiger partial charge on any atom is 0.348 e. The highest BCUT2D eigenvalue weighted by Gasteiger charge is 2.50. The van der Waals surface area contributed by atoms with Crippen LogP contribution in [0.2, 0.25) is 0 Å². The van der Waals surface area contributed by atoms with Crippen LogP contribution in [0, 0.1) is 6.92 Å². The number of benzene rings is 3. The molecule has 0 bridgehead atoms. The van der Waals surface area contributed by atoms with Gasteiger partial charge in [-0.2, -0.15) is 0 Å². The van der Waals surface area contributed by atoms with Crippen LogP contribution in [0.3, 0.4) is 0 Å². The van der Waals surface area contributed by atoms with Gasteiger partial charge in [0.1, 0.15) is 53.0 Å². The Morgan fingerprint density at radius 3 is 2.15 bits per heavy atom. The molecule has 4 heterocycles. The van der Waals surface area contributed by atoms with Crippen molar-refractivity contribution in [1.82, 2.24) is 0 Å². The van der Waals surface area contributed by atoms with Crippen molar-refractivity contribution in [1.29, 1.82) is 0 Å². The number of ether oxygens (including phenoxy) is 5. The second-order valence-corrected chi connectivity index (χ2v) is 11.8. The first kappa shape index (κ1) is 30.8. The van der Waals surface area contributed by atoms with Gasteiger partial charge in [-0.25, -0.2) is 9.59 Å². The van der Waals surface area contributed by atoms with E-state index in [2.05, 4.69) is 0 Å². The third-order valence-corrected chi connectivity index (χ3v) is 9.03. The third kappa shape index (κ3) is 4.48. The predicted octanol–water partition coefficient (Wildman–Crippen LogP) is 1.37. The van der Waals surface area contributed by atoms with E-state index in [0.29, 0.717) is 10.9 Å². The van der Waals surface area contributed by atoms with Crippen molar-refractivity contribution < 1.29 is 58.1 Å². The van der Waals surface area contributed by atoms with Gasteiger partial charge in [-0.15, -0.1) is 0 Å². The van der Waals surface area contributed by atoms with Gasteiger partial charge in [-0.05, 0) is 38.5 Å². The van der Waals surface area contributed by atoms with E-state index in [9.17, 15) is 35.1 Å². The third-order valence-electron chi connectivity index (χ3n) is 9.03. The molecule has 0 saturated carbocycles. The van der Waals surface area contributed by atoms with E-state index in [1.54, 1.807) is 26.0 Å². The number of aliphatic hydroxyl groups excluding tert-OH is 4. The van der Waals surface area contributed by atoms with E-state index < -0.39 is 78.4 Å². The maximum atomic E-state index is 13.4. The van der Waals surface area contributed by atoms with Crippen LogP contribution in [0.15, 0.2) is 48.8 Å². The monoisotopic (exact) mass is 640 g/mol. The minimum Gasteiger partial charge on any atom is -0.506 e. The van der Waals surface area contributed by atoms with E-state index >= 15 is 0 Å². The second-order valence-electron chi connectivity index (χ2n) is 11.8. The fourth-order valence-corrected chi connectivity index (χ4v) is 6.58. The fraction of sp³-hybridized carbons (Fsp3) is 0.438. The van der Waals surface area contributed by atoms with Gasteiger partial charge in [-0.3, -0.25) is 0 Å². The lowest BCUT2D eigenvalue weighted by Crippen LogP contribution is -2.64. The van der Waals surface area contributed by atoms with Crippen LogP contribution in [-0.2, 0) is 18.9 Å². The Morgan fingerprint density at radius 1 is 0.717 bits per heavy atom. The van der Waals surface area contributed by atoms with Gasteiger partial charge in [0.2, 0.25) is 6.29 Å². The smallest absolute Gasteiger partial charge is 0.348 e. The summed E-state index contributed by atoms with van der Waals surface area (Å²) in [5, 5.41) is 55.1. The van der Waals surface area contributed by atoms with E-state index in [1.807, 2.05) is 0 Å². The van der Waals surface area contributed by atoms with Crippen LogP contribution in [0.25, 0.3) is 43.5 Å². The van der Waals surface area contributed by atoms with E-state index in [0.717, 1.165) is 0 Å². The molecule has 2 aliphatic rings. The van der Waals surface area contributed by atoms with Crippen LogP contribution < -0.4 is 16.0 Å². The number of methoxy groups -OCH3 is 1. The largest absolute Gasteiger partial charge is 0.506 e. The molecule has 14 heteroatoms. The number of phenolic OH excluding ortho intramolecular Hbond substituents is 1. The Bertz CT molecular complexity index is 2070. The zero-order chi connectivity index (χ0) is 32.8. The molecule has 0 radical (unpaired) electrons. The normalized spacial score (nSPS) is 32.2. The van der Waals surface area contributed by atoms with Gasteiger partial charge in [0.05, 0.1) is 23.0 Å². The molecule has 5 N–H and O–H groups in total. The van der Waals surface area contributed by atoms with Gasteiger partial charge in [0, 0.05) is 23.3 Å². The second kappa shape index (κ2) is 11.1. The molecule has 244 valence electrons. The fourth-order valence-electron chi connectivity index (χ4n) is 6.58. The summed E-state index contributed by atoms with van der Waals surface area (Å²) >= 11 is 0. The topological polar surface area (TPSA) is 208 Å². The molecule has 7 rings (SSSR count). The number of phenols is 1. The Morgan fingerprint density at radius 2 is 1.41 bits per heavy atom. The summed E-state index contributed by atoms with van der Waals surface area (Å²) in [6.07, 6.45) is -13.0. The summed E-state index contributed by atoms with van der Waals surface area (Å²) in [5.74, 6) is -0.425. The van der Waals surface area contributed by atoms with Gasteiger partial charge in [0.25, 0.3) is 0 Å². The highest BCUT2D eigenvalue weighted by Crippen LogP contribution is 2.45. The van der Waals surface area contributed by atoms with Crippen LogP contribution >= 0.6 is 0 Å². The summed E-state index contributed by atoms with van der Waals surface area (Å²) in [5.41, 5.74) is -0.899. The molecule has 3 aromatic carbocycles. The lowest BCUT2D eigenvalue weighted by atomic mass is 9.95. The van der Waals surface area contributed by atoms with Crippen molar-refractivity contribution >= 4 is 43.5 Å². The molecule has 10 atom stereocenters. The van der Waals surface area contributed by atoms with E-state index in [4.69, 9.17) is 32.5 Å². The molecule has 2 saturated heterocycles. The molecule has 0 unspecified atom stereocenters. The average Bonchev–Trinajstić information content (AvgIpc) is 3.02. The summed E-state index contributed by atoms with van der Waals surface area (Å²) in [6, 6.07) is 7.70. The van der Waals surface area contributed by atoms with Crippen molar-refractivity contribution in [2.75, 3.05) is 7.11 Å². The summed E-state index contributed by atoms with van der Waals surface area (Å²) in [6.45, 7) is 4.77. The number of rotatable bonds is 5. The van der Waals surface area contributed by atoms with Gasteiger partial charge < -0.3 is 58.1 Å². The molecule has 2 aromatic heterocycles. The zero-order valence-corrected chi connectivity index (χ0v) is 25.1.